The fraction of sp³-hybridized carbons (Fsp3) is 0.0909. The number of fused-ring (bicyclic) bond motifs is 1. The van der Waals surface area contributed by atoms with Gasteiger partial charge in [0.2, 0.25) is 5.56 Å². The molecule has 0 aliphatic carbocycles. The third-order valence-corrected chi connectivity index (χ3v) is 2.54. The third kappa shape index (κ3) is 1.67. The Labute approximate surface area is 95.5 Å². The SMILES string of the molecule is O=C(CCl)c1ccc(O)c2[nH]c(=O)ccc12. The van der Waals surface area contributed by atoms with Crippen LogP contribution < -0.4 is 5.56 Å². The van der Waals surface area contributed by atoms with Gasteiger partial charge in [0.1, 0.15) is 5.75 Å². The maximum Gasteiger partial charge on any atom is 0.248 e. The van der Waals surface area contributed by atoms with E-state index in [1.807, 2.05) is 0 Å². The van der Waals surface area contributed by atoms with Crippen molar-refractivity contribution in [1.29, 1.82) is 0 Å². The Bertz CT molecular complexity index is 618. The molecule has 2 aromatic rings. The first-order valence-electron chi connectivity index (χ1n) is 4.57. The van der Waals surface area contributed by atoms with Crippen molar-refractivity contribution in [2.24, 2.45) is 0 Å². The minimum atomic E-state index is -0.335. The zero-order valence-corrected chi connectivity index (χ0v) is 8.91. The van der Waals surface area contributed by atoms with Gasteiger partial charge in [-0.25, -0.2) is 0 Å². The van der Waals surface area contributed by atoms with Crippen molar-refractivity contribution >= 4 is 28.3 Å². The fourth-order valence-electron chi connectivity index (χ4n) is 1.55. The van der Waals surface area contributed by atoms with Crippen molar-refractivity contribution in [1.82, 2.24) is 4.98 Å². The molecule has 0 atom stereocenters. The van der Waals surface area contributed by atoms with Gasteiger partial charge >= 0.3 is 0 Å². The fourth-order valence-corrected chi connectivity index (χ4v) is 1.70. The van der Waals surface area contributed by atoms with E-state index in [1.54, 1.807) is 0 Å². The third-order valence-electron chi connectivity index (χ3n) is 2.29. The van der Waals surface area contributed by atoms with E-state index in [9.17, 15) is 14.7 Å². The molecule has 16 heavy (non-hydrogen) atoms. The lowest BCUT2D eigenvalue weighted by Gasteiger charge is -2.05. The van der Waals surface area contributed by atoms with E-state index in [0.29, 0.717) is 10.9 Å². The lowest BCUT2D eigenvalue weighted by Crippen LogP contribution is -2.06. The molecule has 1 aromatic carbocycles. The number of aromatic amines is 1. The first-order chi connectivity index (χ1) is 7.63. The molecule has 2 N–H and O–H groups in total. The van der Waals surface area contributed by atoms with E-state index in [2.05, 4.69) is 4.98 Å². The molecule has 2 rings (SSSR count). The standard InChI is InChI=1S/C11H8ClNO3/c12-5-9(15)6-1-3-8(14)11-7(6)2-4-10(16)13-11/h1-4,14H,5H2,(H,13,16). The highest BCUT2D eigenvalue weighted by atomic mass is 35.5. The maximum absolute atomic E-state index is 11.5. The van der Waals surface area contributed by atoms with Crippen molar-refractivity contribution in [2.45, 2.75) is 0 Å². The van der Waals surface area contributed by atoms with Crippen LogP contribution in [0.1, 0.15) is 10.4 Å². The molecule has 0 spiro atoms. The number of Topliss-reactive ketones (excluding diaryl/α,β-unsaturated/α-hetero) is 1. The highest BCUT2D eigenvalue weighted by Crippen LogP contribution is 2.25. The number of H-pyrrole nitrogens is 1. The monoisotopic (exact) mass is 237 g/mol. The predicted molar refractivity (Wildman–Crippen MR) is 61.3 cm³/mol. The first kappa shape index (κ1) is 10.7. The quantitative estimate of drug-likeness (QED) is 0.616. The number of rotatable bonds is 2. The van der Waals surface area contributed by atoms with Crippen LogP contribution in [-0.4, -0.2) is 21.8 Å². The van der Waals surface area contributed by atoms with E-state index in [1.165, 1.54) is 24.3 Å². The van der Waals surface area contributed by atoms with E-state index in [-0.39, 0.29) is 28.5 Å². The maximum atomic E-state index is 11.5. The number of benzene rings is 1. The summed E-state index contributed by atoms with van der Waals surface area (Å²) in [6, 6.07) is 5.64. The van der Waals surface area contributed by atoms with Gasteiger partial charge in [-0.05, 0) is 18.2 Å². The molecule has 1 heterocycles. The van der Waals surface area contributed by atoms with Crippen LogP contribution in [-0.2, 0) is 0 Å². The van der Waals surface area contributed by atoms with E-state index < -0.39 is 0 Å². The molecule has 0 radical (unpaired) electrons. The van der Waals surface area contributed by atoms with Crippen LogP contribution in [0.5, 0.6) is 5.75 Å². The van der Waals surface area contributed by atoms with Gasteiger partial charge in [0.25, 0.3) is 0 Å². The normalized spacial score (nSPS) is 10.6. The molecule has 0 unspecified atom stereocenters. The second-order valence-corrected chi connectivity index (χ2v) is 3.57. The van der Waals surface area contributed by atoms with Gasteiger partial charge in [-0.2, -0.15) is 0 Å². The summed E-state index contributed by atoms with van der Waals surface area (Å²) in [7, 11) is 0. The van der Waals surface area contributed by atoms with Crippen LogP contribution in [0, 0.1) is 0 Å². The molecule has 0 fully saturated rings. The predicted octanol–water partition coefficient (Wildman–Crippen LogP) is 1.66. The molecule has 5 heteroatoms. The van der Waals surface area contributed by atoms with Gasteiger partial charge in [-0.15, -0.1) is 11.6 Å². The summed E-state index contributed by atoms with van der Waals surface area (Å²) in [6.07, 6.45) is 0. The summed E-state index contributed by atoms with van der Waals surface area (Å²) in [6.45, 7) is 0. The topological polar surface area (TPSA) is 70.2 Å². The number of hydrogen-bond acceptors (Lipinski definition) is 3. The Morgan fingerprint density at radius 3 is 2.75 bits per heavy atom. The van der Waals surface area contributed by atoms with Gasteiger partial charge in [-0.1, -0.05) is 0 Å². The van der Waals surface area contributed by atoms with Gasteiger partial charge in [0.05, 0.1) is 11.4 Å². The number of aromatic nitrogens is 1. The lowest BCUT2D eigenvalue weighted by atomic mass is 10.0. The summed E-state index contributed by atoms with van der Waals surface area (Å²) in [5.74, 6) is -0.462. The largest absolute Gasteiger partial charge is 0.506 e. The molecule has 0 saturated heterocycles. The Hall–Kier alpha value is -1.81. The number of phenolic OH excluding ortho intramolecular Hbond substituents is 1. The highest BCUT2D eigenvalue weighted by molar-refractivity contribution is 6.32. The second-order valence-electron chi connectivity index (χ2n) is 3.30. The van der Waals surface area contributed by atoms with Crippen LogP contribution in [0.4, 0.5) is 0 Å². The minimum Gasteiger partial charge on any atom is -0.506 e. The molecular formula is C11H8ClNO3. The molecule has 82 valence electrons. The number of alkyl halides is 1. The number of phenols is 1. The molecule has 4 nitrogen and oxygen atoms in total. The van der Waals surface area contributed by atoms with Crippen LogP contribution in [0.2, 0.25) is 0 Å². The molecule has 1 aromatic heterocycles. The van der Waals surface area contributed by atoms with Gasteiger partial charge in [0.15, 0.2) is 5.78 Å². The average Bonchev–Trinajstić information content (AvgIpc) is 2.29. The molecule has 0 amide bonds. The van der Waals surface area contributed by atoms with Crippen molar-refractivity contribution in [2.75, 3.05) is 5.88 Å². The smallest absolute Gasteiger partial charge is 0.248 e. The van der Waals surface area contributed by atoms with Crippen LogP contribution in [0.3, 0.4) is 0 Å². The van der Waals surface area contributed by atoms with Crippen molar-refractivity contribution in [3.8, 4) is 5.75 Å². The summed E-state index contributed by atoms with van der Waals surface area (Å²) < 4.78 is 0. The summed E-state index contributed by atoms with van der Waals surface area (Å²) >= 11 is 5.47. The van der Waals surface area contributed by atoms with Crippen molar-refractivity contribution < 1.29 is 9.90 Å². The number of nitrogens with one attached hydrogen (secondary N) is 1. The number of ketones is 1. The lowest BCUT2D eigenvalue weighted by molar-refractivity contribution is 0.102. The Balaban J connectivity index is 2.84. The second kappa shape index (κ2) is 3.98. The Morgan fingerprint density at radius 2 is 2.06 bits per heavy atom. The van der Waals surface area contributed by atoms with Crippen LogP contribution >= 0.6 is 11.6 Å². The number of carbonyl (C=O) groups is 1. The van der Waals surface area contributed by atoms with Crippen LogP contribution in [0.25, 0.3) is 10.9 Å². The molecule has 0 aliphatic rings. The van der Waals surface area contributed by atoms with Gasteiger partial charge in [0, 0.05) is 17.0 Å². The zero-order chi connectivity index (χ0) is 11.7. The average molecular weight is 238 g/mol. The zero-order valence-electron chi connectivity index (χ0n) is 8.16. The van der Waals surface area contributed by atoms with Crippen molar-refractivity contribution in [3.05, 3.63) is 40.2 Å². The summed E-state index contributed by atoms with van der Waals surface area (Å²) in [5, 5.41) is 10.1. The number of carbonyl (C=O) groups excluding carboxylic acids is 1. The Morgan fingerprint density at radius 1 is 1.31 bits per heavy atom. The summed E-state index contributed by atoms with van der Waals surface area (Å²) in [5.41, 5.74) is 0.306. The number of aromatic hydroxyl groups is 1. The number of pyridine rings is 1. The number of hydrogen-bond donors (Lipinski definition) is 2. The highest BCUT2D eigenvalue weighted by Gasteiger charge is 2.11. The summed E-state index contributed by atoms with van der Waals surface area (Å²) in [4.78, 5) is 25.1. The minimum absolute atomic E-state index is 0.0705. The molecule has 0 aliphatic heterocycles. The molecular weight excluding hydrogens is 230 g/mol. The number of halogens is 1. The van der Waals surface area contributed by atoms with E-state index >= 15 is 0 Å². The van der Waals surface area contributed by atoms with E-state index in [4.69, 9.17) is 11.6 Å². The Kier molecular flexibility index (Phi) is 2.66. The molecule has 0 saturated carbocycles. The van der Waals surface area contributed by atoms with Crippen LogP contribution in [0.15, 0.2) is 29.1 Å². The first-order valence-corrected chi connectivity index (χ1v) is 5.11. The van der Waals surface area contributed by atoms with Gasteiger partial charge < -0.3 is 10.1 Å². The van der Waals surface area contributed by atoms with E-state index in [0.717, 1.165) is 0 Å². The molecule has 0 bridgehead atoms. The van der Waals surface area contributed by atoms with Crippen molar-refractivity contribution in [3.63, 3.8) is 0 Å². The van der Waals surface area contributed by atoms with Gasteiger partial charge in [-0.3, -0.25) is 9.59 Å².